The number of thioether (sulfide) groups is 1. The lowest BCUT2D eigenvalue weighted by Gasteiger charge is -2.14. The van der Waals surface area contributed by atoms with Crippen LogP contribution in [0.3, 0.4) is 0 Å². The van der Waals surface area contributed by atoms with Crippen molar-refractivity contribution in [1.82, 2.24) is 20.1 Å². The maximum atomic E-state index is 12.4. The van der Waals surface area contributed by atoms with Gasteiger partial charge in [0.15, 0.2) is 22.5 Å². The lowest BCUT2D eigenvalue weighted by molar-refractivity contribution is -0.119. The highest BCUT2D eigenvalue weighted by Crippen LogP contribution is 2.32. The van der Waals surface area contributed by atoms with Gasteiger partial charge in [-0.3, -0.25) is 4.79 Å². The molecule has 0 fully saturated rings. The number of ether oxygens (including phenoxy) is 2. The summed E-state index contributed by atoms with van der Waals surface area (Å²) in [7, 11) is 3.20. The number of rotatable bonds is 9. The second kappa shape index (κ2) is 10.2. The first-order valence-corrected chi connectivity index (χ1v) is 10.7. The second-order valence-electron chi connectivity index (χ2n) is 6.61. The summed E-state index contributed by atoms with van der Waals surface area (Å²) in [5, 5.41) is 12.4. The molecule has 1 atom stereocenters. The van der Waals surface area contributed by atoms with E-state index in [1.807, 2.05) is 66.9 Å². The third kappa shape index (κ3) is 4.94. The van der Waals surface area contributed by atoms with Crippen LogP contribution in [-0.2, 0) is 11.3 Å². The Kier molecular flexibility index (Phi) is 7.35. The van der Waals surface area contributed by atoms with Gasteiger partial charge in [0.05, 0.1) is 26.0 Å². The van der Waals surface area contributed by atoms with Crippen LogP contribution < -0.4 is 14.8 Å². The third-order valence-electron chi connectivity index (χ3n) is 4.68. The van der Waals surface area contributed by atoms with Crippen molar-refractivity contribution in [3.63, 3.8) is 0 Å². The van der Waals surface area contributed by atoms with Crippen LogP contribution in [0, 0.1) is 0 Å². The fourth-order valence-corrected chi connectivity index (χ4v) is 3.92. The molecule has 0 bridgehead atoms. The summed E-state index contributed by atoms with van der Waals surface area (Å²) in [6, 6.07) is 15.5. The van der Waals surface area contributed by atoms with Crippen molar-refractivity contribution >= 4 is 17.7 Å². The molecule has 1 amide bonds. The van der Waals surface area contributed by atoms with E-state index in [4.69, 9.17) is 9.47 Å². The van der Waals surface area contributed by atoms with Gasteiger partial charge in [-0.25, -0.2) is 0 Å². The molecule has 7 nitrogen and oxygen atoms in total. The molecule has 0 aliphatic rings. The van der Waals surface area contributed by atoms with E-state index in [2.05, 4.69) is 15.5 Å². The van der Waals surface area contributed by atoms with E-state index >= 15 is 0 Å². The number of carbonyl (C=O) groups excluding carboxylic acids is 1. The van der Waals surface area contributed by atoms with Crippen LogP contribution in [0.2, 0.25) is 0 Å². The van der Waals surface area contributed by atoms with E-state index in [-0.39, 0.29) is 17.7 Å². The van der Waals surface area contributed by atoms with Gasteiger partial charge in [0, 0.05) is 12.1 Å². The first-order chi connectivity index (χ1) is 14.6. The summed E-state index contributed by atoms with van der Waals surface area (Å²) in [4.78, 5) is 12.4. The van der Waals surface area contributed by atoms with Crippen LogP contribution in [-0.4, -0.2) is 40.6 Å². The Labute approximate surface area is 180 Å². The number of benzene rings is 2. The van der Waals surface area contributed by atoms with Crippen molar-refractivity contribution in [3.05, 3.63) is 54.1 Å². The first kappa shape index (κ1) is 21.7. The van der Waals surface area contributed by atoms with Crippen LogP contribution in [0.4, 0.5) is 0 Å². The Morgan fingerprint density at radius 2 is 1.83 bits per heavy atom. The molecule has 0 radical (unpaired) electrons. The average molecular weight is 427 g/mol. The average Bonchev–Trinajstić information content (AvgIpc) is 3.20. The largest absolute Gasteiger partial charge is 0.493 e. The van der Waals surface area contributed by atoms with Crippen molar-refractivity contribution in [1.29, 1.82) is 0 Å². The minimum Gasteiger partial charge on any atom is -0.493 e. The van der Waals surface area contributed by atoms with E-state index < -0.39 is 0 Å². The number of amides is 1. The lowest BCUT2D eigenvalue weighted by Crippen LogP contribution is -2.28. The van der Waals surface area contributed by atoms with E-state index in [0.29, 0.717) is 23.2 Å². The number of carbonyl (C=O) groups is 1. The molecule has 1 N–H and O–H groups in total. The summed E-state index contributed by atoms with van der Waals surface area (Å²) in [6.07, 6.45) is 0. The molecule has 3 aromatic rings. The van der Waals surface area contributed by atoms with E-state index in [9.17, 15) is 4.79 Å². The number of nitrogens with zero attached hydrogens (tertiary/aromatic N) is 3. The number of hydrogen-bond donors (Lipinski definition) is 1. The third-order valence-corrected chi connectivity index (χ3v) is 5.65. The zero-order chi connectivity index (χ0) is 21.5. The Balaban J connectivity index is 1.69. The lowest BCUT2D eigenvalue weighted by atomic mass is 10.1. The molecule has 1 unspecified atom stereocenters. The number of aromatic nitrogens is 3. The zero-order valence-corrected chi connectivity index (χ0v) is 18.4. The minimum absolute atomic E-state index is 0.0466. The van der Waals surface area contributed by atoms with Crippen molar-refractivity contribution in [3.8, 4) is 22.9 Å². The van der Waals surface area contributed by atoms with Gasteiger partial charge in [-0.2, -0.15) is 0 Å². The van der Waals surface area contributed by atoms with Gasteiger partial charge in [0.25, 0.3) is 0 Å². The highest BCUT2D eigenvalue weighted by Gasteiger charge is 2.17. The standard InChI is InChI=1S/C22H26N4O3S/c1-5-26-21(17-11-12-18(28-3)19(13-17)29-4)24-25-22(26)30-14-20(27)23-15(2)16-9-7-6-8-10-16/h6-13,15H,5,14H2,1-4H3,(H,23,27). The summed E-state index contributed by atoms with van der Waals surface area (Å²) < 4.78 is 12.7. The minimum atomic E-state index is -0.0503. The van der Waals surface area contributed by atoms with Gasteiger partial charge in [-0.1, -0.05) is 42.1 Å². The van der Waals surface area contributed by atoms with Crippen molar-refractivity contribution in [2.45, 2.75) is 31.6 Å². The van der Waals surface area contributed by atoms with E-state index in [0.717, 1.165) is 17.0 Å². The molecule has 3 rings (SSSR count). The second-order valence-corrected chi connectivity index (χ2v) is 7.55. The van der Waals surface area contributed by atoms with Gasteiger partial charge >= 0.3 is 0 Å². The van der Waals surface area contributed by atoms with Crippen LogP contribution in [0.25, 0.3) is 11.4 Å². The molecule has 8 heteroatoms. The molecule has 0 spiro atoms. The van der Waals surface area contributed by atoms with Crippen molar-refractivity contribution in [2.24, 2.45) is 0 Å². The molecule has 2 aromatic carbocycles. The molecule has 0 aliphatic carbocycles. The maximum Gasteiger partial charge on any atom is 0.230 e. The monoisotopic (exact) mass is 426 g/mol. The Bertz CT molecular complexity index is 991. The van der Waals surface area contributed by atoms with Crippen LogP contribution >= 0.6 is 11.8 Å². The van der Waals surface area contributed by atoms with Gasteiger partial charge in [0.1, 0.15) is 0 Å². The fourth-order valence-electron chi connectivity index (χ4n) is 3.11. The van der Waals surface area contributed by atoms with Crippen LogP contribution in [0.15, 0.2) is 53.7 Å². The smallest absolute Gasteiger partial charge is 0.230 e. The Morgan fingerprint density at radius 3 is 2.50 bits per heavy atom. The first-order valence-electron chi connectivity index (χ1n) is 9.70. The van der Waals surface area contributed by atoms with Gasteiger partial charge in [-0.05, 0) is 37.6 Å². The SMILES string of the molecule is CCn1c(SCC(=O)NC(C)c2ccccc2)nnc1-c1ccc(OC)c(OC)c1. The quantitative estimate of drug-likeness (QED) is 0.522. The predicted octanol–water partition coefficient (Wildman–Crippen LogP) is 3.95. The van der Waals surface area contributed by atoms with Gasteiger partial charge < -0.3 is 19.4 Å². The summed E-state index contributed by atoms with van der Waals surface area (Å²) in [5.74, 6) is 2.22. The predicted molar refractivity (Wildman–Crippen MR) is 118 cm³/mol. The normalized spacial score (nSPS) is 11.7. The molecule has 0 saturated carbocycles. The molecule has 30 heavy (non-hydrogen) atoms. The van der Waals surface area contributed by atoms with E-state index in [1.54, 1.807) is 14.2 Å². The molecular weight excluding hydrogens is 400 g/mol. The highest BCUT2D eigenvalue weighted by atomic mass is 32.2. The molecule has 0 aliphatic heterocycles. The van der Waals surface area contributed by atoms with Gasteiger partial charge in [0.2, 0.25) is 5.91 Å². The van der Waals surface area contributed by atoms with Crippen molar-refractivity contribution < 1.29 is 14.3 Å². The van der Waals surface area contributed by atoms with Gasteiger partial charge in [-0.15, -0.1) is 10.2 Å². The zero-order valence-electron chi connectivity index (χ0n) is 17.6. The van der Waals surface area contributed by atoms with Crippen molar-refractivity contribution in [2.75, 3.05) is 20.0 Å². The molecular formula is C22H26N4O3S. The fraction of sp³-hybridized carbons (Fsp3) is 0.318. The Morgan fingerprint density at radius 1 is 1.10 bits per heavy atom. The highest BCUT2D eigenvalue weighted by molar-refractivity contribution is 7.99. The summed E-state index contributed by atoms with van der Waals surface area (Å²) in [5.41, 5.74) is 1.94. The molecule has 1 heterocycles. The number of methoxy groups -OCH3 is 2. The Hall–Kier alpha value is -3.00. The number of nitrogens with one attached hydrogen (secondary N) is 1. The summed E-state index contributed by atoms with van der Waals surface area (Å²) >= 11 is 1.37. The molecule has 1 aromatic heterocycles. The van der Waals surface area contributed by atoms with E-state index in [1.165, 1.54) is 11.8 Å². The van der Waals surface area contributed by atoms with Crippen LogP contribution in [0.5, 0.6) is 11.5 Å². The molecule has 0 saturated heterocycles. The molecule has 158 valence electrons. The number of hydrogen-bond acceptors (Lipinski definition) is 6. The maximum absolute atomic E-state index is 12.4. The van der Waals surface area contributed by atoms with Crippen LogP contribution in [0.1, 0.15) is 25.5 Å². The topological polar surface area (TPSA) is 78.3 Å². The summed E-state index contributed by atoms with van der Waals surface area (Å²) in [6.45, 7) is 4.68.